The topological polar surface area (TPSA) is 174 Å². The maximum atomic E-state index is 12.6. The van der Waals surface area contributed by atoms with Gasteiger partial charge in [0.1, 0.15) is 41.7 Å². The first-order chi connectivity index (χ1) is 14.5. The van der Waals surface area contributed by atoms with Crippen molar-refractivity contribution in [3.05, 3.63) is 33.3 Å². The number of amides is 2. The Bertz CT molecular complexity index is 1020. The Morgan fingerprint density at radius 1 is 1.48 bits per heavy atom. The molecule has 1 aromatic rings. The molecular formula is C17H19N5O8S. The van der Waals surface area contributed by atoms with Crippen LogP contribution in [-0.2, 0) is 23.9 Å². The molecule has 0 saturated carbocycles. The van der Waals surface area contributed by atoms with E-state index in [0.29, 0.717) is 0 Å². The summed E-state index contributed by atoms with van der Waals surface area (Å²) in [5.74, 6) is -2.91. The van der Waals surface area contributed by atoms with Crippen molar-refractivity contribution in [2.24, 2.45) is 0 Å². The van der Waals surface area contributed by atoms with Crippen molar-refractivity contribution in [3.8, 4) is 0 Å². The number of nitro groups is 1. The van der Waals surface area contributed by atoms with Gasteiger partial charge in [-0.2, -0.15) is 5.10 Å². The molecule has 3 atom stereocenters. The van der Waals surface area contributed by atoms with Crippen molar-refractivity contribution >= 4 is 41.2 Å². The molecule has 3 rings (SSSR count). The zero-order valence-electron chi connectivity index (χ0n) is 16.7. The summed E-state index contributed by atoms with van der Waals surface area (Å²) in [6.07, 6.45) is 1.14. The molecule has 14 heteroatoms. The van der Waals surface area contributed by atoms with Gasteiger partial charge in [0.15, 0.2) is 0 Å². The second kappa shape index (κ2) is 8.37. The van der Waals surface area contributed by atoms with Crippen LogP contribution in [0.2, 0.25) is 0 Å². The molecule has 3 heterocycles. The van der Waals surface area contributed by atoms with E-state index in [-0.39, 0.29) is 35.0 Å². The van der Waals surface area contributed by atoms with Crippen molar-refractivity contribution in [2.75, 3.05) is 12.4 Å². The molecule has 0 aromatic carbocycles. The van der Waals surface area contributed by atoms with Crippen molar-refractivity contribution < 1.29 is 33.9 Å². The molecule has 2 aliphatic rings. The Morgan fingerprint density at radius 3 is 2.71 bits per heavy atom. The Kier molecular flexibility index (Phi) is 6.01. The van der Waals surface area contributed by atoms with Gasteiger partial charge in [0.05, 0.1) is 4.92 Å². The molecule has 2 aliphatic heterocycles. The maximum Gasteiger partial charge on any atom is 0.352 e. The van der Waals surface area contributed by atoms with Crippen LogP contribution in [0.5, 0.6) is 0 Å². The zero-order chi connectivity index (χ0) is 23.0. The van der Waals surface area contributed by atoms with Crippen LogP contribution in [0.1, 0.15) is 25.6 Å². The number of hydrogen-bond donors (Lipinski definition) is 2. The molecule has 0 radical (unpaired) electrons. The third-order valence-electron chi connectivity index (χ3n) is 4.86. The zero-order valence-corrected chi connectivity index (χ0v) is 17.5. The van der Waals surface area contributed by atoms with Gasteiger partial charge in [-0.05, 0) is 13.8 Å². The van der Waals surface area contributed by atoms with E-state index in [0.717, 1.165) is 15.8 Å². The first kappa shape index (κ1) is 22.3. The molecular weight excluding hydrogens is 434 g/mol. The van der Waals surface area contributed by atoms with E-state index in [9.17, 15) is 34.4 Å². The largest absolute Gasteiger partial charge is 0.477 e. The maximum absolute atomic E-state index is 12.6. The second-order valence-electron chi connectivity index (χ2n) is 6.95. The quantitative estimate of drug-likeness (QED) is 0.247. The van der Waals surface area contributed by atoms with E-state index in [2.05, 4.69) is 10.4 Å². The highest BCUT2D eigenvalue weighted by molar-refractivity contribution is 8.00. The van der Waals surface area contributed by atoms with Crippen molar-refractivity contribution in [1.82, 2.24) is 20.0 Å². The van der Waals surface area contributed by atoms with E-state index >= 15 is 0 Å². The van der Waals surface area contributed by atoms with Gasteiger partial charge < -0.3 is 15.2 Å². The molecule has 0 aliphatic carbocycles. The summed E-state index contributed by atoms with van der Waals surface area (Å²) in [5, 5.41) is 26.4. The molecule has 13 nitrogen and oxygen atoms in total. The summed E-state index contributed by atoms with van der Waals surface area (Å²) < 4.78 is 6.00. The monoisotopic (exact) mass is 453 g/mol. The molecule has 2 N–H and O–H groups in total. The number of rotatable bonds is 7. The number of ether oxygens (including phenoxy) is 1. The van der Waals surface area contributed by atoms with Crippen LogP contribution >= 0.6 is 11.8 Å². The third kappa shape index (κ3) is 4.10. The normalized spacial score (nSPS) is 21.1. The number of aliphatic carboxylic acids is 1. The number of carboxylic acids is 1. The van der Waals surface area contributed by atoms with E-state index in [1.54, 1.807) is 0 Å². The molecule has 31 heavy (non-hydrogen) atoms. The number of aromatic nitrogens is 2. The Balaban J connectivity index is 1.73. The van der Waals surface area contributed by atoms with Gasteiger partial charge in [-0.15, -0.1) is 11.8 Å². The van der Waals surface area contributed by atoms with Gasteiger partial charge in [0, 0.05) is 18.2 Å². The van der Waals surface area contributed by atoms with Gasteiger partial charge in [0.2, 0.25) is 5.91 Å². The lowest BCUT2D eigenvalue weighted by molar-refractivity contribution is -0.385. The SMILES string of the molecule is CC(=O)OCC1=C(C(=O)O)N2C(=O)[C@H](NC(=O)[C@H](C)n3cc([N+](=O)[O-])c(C)n3)[C@H]2SC1. The highest BCUT2D eigenvalue weighted by atomic mass is 32.2. The minimum atomic E-state index is -1.33. The minimum absolute atomic E-state index is 0.148. The van der Waals surface area contributed by atoms with E-state index in [4.69, 9.17) is 4.74 Å². The third-order valence-corrected chi connectivity index (χ3v) is 6.20. The second-order valence-corrected chi connectivity index (χ2v) is 8.05. The van der Waals surface area contributed by atoms with Gasteiger partial charge in [-0.3, -0.25) is 34.1 Å². The molecule has 2 amide bonds. The summed E-state index contributed by atoms with van der Waals surface area (Å²) >= 11 is 1.23. The van der Waals surface area contributed by atoms with Crippen LogP contribution in [0.25, 0.3) is 0 Å². The number of esters is 1. The predicted octanol–water partition coefficient (Wildman–Crippen LogP) is -0.0376. The van der Waals surface area contributed by atoms with Gasteiger partial charge >= 0.3 is 17.6 Å². The van der Waals surface area contributed by atoms with Crippen molar-refractivity contribution in [3.63, 3.8) is 0 Å². The smallest absolute Gasteiger partial charge is 0.352 e. The first-order valence-corrected chi connectivity index (χ1v) is 10.1. The summed E-state index contributed by atoms with van der Waals surface area (Å²) in [7, 11) is 0. The highest BCUT2D eigenvalue weighted by Crippen LogP contribution is 2.40. The summed E-state index contributed by atoms with van der Waals surface area (Å²) in [6.45, 7) is 3.86. The Hall–Kier alpha value is -3.42. The van der Waals surface area contributed by atoms with Crippen molar-refractivity contribution in [1.29, 1.82) is 0 Å². The van der Waals surface area contributed by atoms with Crippen LogP contribution in [0, 0.1) is 17.0 Å². The number of nitrogens with one attached hydrogen (secondary N) is 1. The standard InChI is InChI=1S/C17H19N5O8S/c1-7-11(22(28)29)4-20(19-7)8(2)14(24)18-12-15(25)21-13(17(26)27)10(5-30-9(3)23)6-31-16(12)21/h4,8,12,16H,5-6H2,1-3H3,(H,18,24)(H,26,27)/t8-,12-,16+/m0/s1. The summed E-state index contributed by atoms with van der Waals surface area (Å²) in [4.78, 5) is 59.4. The number of carboxylic acid groups (broad SMARTS) is 1. The lowest BCUT2D eigenvalue weighted by Gasteiger charge is -2.49. The van der Waals surface area contributed by atoms with Crippen molar-refractivity contribution in [2.45, 2.75) is 38.2 Å². The minimum Gasteiger partial charge on any atom is -0.477 e. The summed E-state index contributed by atoms with van der Waals surface area (Å²) in [6, 6.07) is -1.90. The highest BCUT2D eigenvalue weighted by Gasteiger charge is 2.54. The molecule has 0 bridgehead atoms. The number of β-lactam (4-membered cyclic amide) rings is 1. The van der Waals surface area contributed by atoms with E-state index in [1.165, 1.54) is 32.5 Å². The number of carbonyl (C=O) groups excluding carboxylic acids is 3. The fourth-order valence-electron chi connectivity index (χ4n) is 3.23. The molecule has 166 valence electrons. The lowest BCUT2D eigenvalue weighted by atomic mass is 10.0. The first-order valence-electron chi connectivity index (χ1n) is 9.06. The molecule has 0 spiro atoms. The fourth-order valence-corrected chi connectivity index (χ4v) is 4.55. The number of fused-ring (bicyclic) bond motifs is 1. The number of thioether (sulfide) groups is 1. The van der Waals surface area contributed by atoms with Crippen LogP contribution in [0.4, 0.5) is 5.69 Å². The van der Waals surface area contributed by atoms with Crippen LogP contribution in [0.15, 0.2) is 17.5 Å². The predicted molar refractivity (Wildman–Crippen MR) is 105 cm³/mol. The molecule has 1 aromatic heterocycles. The summed E-state index contributed by atoms with van der Waals surface area (Å²) in [5.41, 5.74) is -0.0542. The number of nitrogens with zero attached hydrogens (tertiary/aromatic N) is 4. The van der Waals surface area contributed by atoms with E-state index < -0.39 is 46.1 Å². The van der Waals surface area contributed by atoms with Gasteiger partial charge in [-0.1, -0.05) is 0 Å². The van der Waals surface area contributed by atoms with Crippen LogP contribution in [0.3, 0.4) is 0 Å². The average molecular weight is 453 g/mol. The number of aryl methyl sites for hydroxylation is 1. The van der Waals surface area contributed by atoms with E-state index in [1.807, 2.05) is 0 Å². The lowest BCUT2D eigenvalue weighted by Crippen LogP contribution is -2.71. The molecule has 0 unspecified atom stereocenters. The van der Waals surface area contributed by atoms with Crippen LogP contribution < -0.4 is 5.32 Å². The average Bonchev–Trinajstić information content (AvgIpc) is 3.10. The molecule has 1 fully saturated rings. The molecule has 1 saturated heterocycles. The van der Waals surface area contributed by atoms with Gasteiger partial charge in [0.25, 0.3) is 5.91 Å². The fraction of sp³-hybridized carbons (Fsp3) is 0.471. The Labute approximate surface area is 179 Å². The van der Waals surface area contributed by atoms with Crippen LogP contribution in [-0.4, -0.2) is 72.2 Å². The Morgan fingerprint density at radius 2 is 2.16 bits per heavy atom. The number of hydrogen-bond acceptors (Lipinski definition) is 9. The number of carbonyl (C=O) groups is 4. The van der Waals surface area contributed by atoms with Gasteiger partial charge in [-0.25, -0.2) is 4.79 Å².